The molecule has 0 aliphatic rings. The largest absolute Gasteiger partial charge is 0.498 e. The summed E-state index contributed by atoms with van der Waals surface area (Å²) in [6.45, 7) is 0.854. The first-order valence-electron chi connectivity index (χ1n) is 3.57. The van der Waals surface area contributed by atoms with Crippen LogP contribution in [0, 0.1) is 0 Å². The molecule has 0 saturated heterocycles. The molecular weight excluding hydrogens is 160 g/mol. The summed E-state index contributed by atoms with van der Waals surface area (Å²) in [6.07, 6.45) is 2.97. The van der Waals surface area contributed by atoms with Gasteiger partial charge in [-0.3, -0.25) is 4.79 Å². The maximum atomic E-state index is 10.2. The number of carbonyl (C=O) groups is 1. The molecule has 0 radical (unpaired) electrons. The highest BCUT2D eigenvalue weighted by atomic mass is 16.5. The lowest BCUT2D eigenvalue weighted by atomic mass is 10.6. The maximum absolute atomic E-state index is 10.2. The van der Waals surface area contributed by atoms with E-state index in [9.17, 15) is 4.79 Å². The first-order valence-corrected chi connectivity index (χ1v) is 3.57. The summed E-state index contributed by atoms with van der Waals surface area (Å²) in [4.78, 5) is 11.7. The van der Waals surface area contributed by atoms with Crippen molar-refractivity contribution in [3.05, 3.63) is 12.5 Å². The molecule has 70 valence electrons. The zero-order valence-electron chi connectivity index (χ0n) is 7.06. The topological polar surface area (TPSA) is 75.8 Å². The van der Waals surface area contributed by atoms with Crippen molar-refractivity contribution >= 4 is 5.97 Å². The van der Waals surface area contributed by atoms with Crippen molar-refractivity contribution in [2.45, 2.75) is 0 Å². The third kappa shape index (κ3) is 6.88. The van der Waals surface area contributed by atoms with E-state index in [2.05, 4.69) is 0 Å². The molecule has 0 aromatic carbocycles. The Labute approximate surface area is 71.4 Å². The zero-order chi connectivity index (χ0) is 9.40. The normalized spacial score (nSPS) is 10.2. The molecule has 12 heavy (non-hydrogen) atoms. The van der Waals surface area contributed by atoms with Crippen molar-refractivity contribution in [2.75, 3.05) is 26.7 Å². The molecule has 0 fully saturated rings. The summed E-state index contributed by atoms with van der Waals surface area (Å²) in [5, 5.41) is 8.35. The highest BCUT2D eigenvalue weighted by molar-refractivity contribution is 5.69. The minimum absolute atomic E-state index is 0.0392. The number of carboxylic acids is 1. The first kappa shape index (κ1) is 10.8. The monoisotopic (exact) mass is 174 g/mol. The molecule has 0 aromatic rings. The quantitative estimate of drug-likeness (QED) is 0.417. The number of aliphatic carboxylic acids is 1. The van der Waals surface area contributed by atoms with Crippen LogP contribution in [0.5, 0.6) is 0 Å². The standard InChI is InChI=1S/C7H14N2O3/c1-9(6-7(10)11)3-5-12-4-2-8/h3,5H,2,4,6,8H2,1H3,(H,10,11). The Hall–Kier alpha value is -1.23. The number of nitrogens with zero attached hydrogens (tertiary/aromatic N) is 1. The lowest BCUT2D eigenvalue weighted by Crippen LogP contribution is -2.20. The molecule has 0 saturated carbocycles. The Morgan fingerprint density at radius 1 is 1.75 bits per heavy atom. The Kier molecular flexibility index (Phi) is 5.81. The summed E-state index contributed by atoms with van der Waals surface area (Å²) < 4.78 is 4.89. The van der Waals surface area contributed by atoms with E-state index in [1.54, 1.807) is 13.2 Å². The molecule has 0 bridgehead atoms. The van der Waals surface area contributed by atoms with Crippen molar-refractivity contribution in [3.8, 4) is 0 Å². The van der Waals surface area contributed by atoms with Gasteiger partial charge in [-0.05, 0) is 0 Å². The molecule has 0 amide bonds. The lowest BCUT2D eigenvalue weighted by Gasteiger charge is -2.09. The number of hydrogen-bond acceptors (Lipinski definition) is 4. The van der Waals surface area contributed by atoms with Crippen LogP contribution in [0.25, 0.3) is 0 Å². The van der Waals surface area contributed by atoms with Gasteiger partial charge >= 0.3 is 5.97 Å². The van der Waals surface area contributed by atoms with E-state index in [0.717, 1.165) is 0 Å². The van der Waals surface area contributed by atoms with E-state index >= 15 is 0 Å². The van der Waals surface area contributed by atoms with Gasteiger partial charge in [0.15, 0.2) is 0 Å². The van der Waals surface area contributed by atoms with Gasteiger partial charge < -0.3 is 20.5 Å². The van der Waals surface area contributed by atoms with Crippen molar-refractivity contribution in [2.24, 2.45) is 5.73 Å². The minimum Gasteiger partial charge on any atom is -0.498 e. The fourth-order valence-corrected chi connectivity index (χ4v) is 0.549. The van der Waals surface area contributed by atoms with Crippen LogP contribution in [-0.4, -0.2) is 42.7 Å². The number of carboxylic acid groups (broad SMARTS) is 1. The van der Waals surface area contributed by atoms with Crippen molar-refractivity contribution in [1.82, 2.24) is 4.90 Å². The number of nitrogens with two attached hydrogens (primary N) is 1. The van der Waals surface area contributed by atoms with Gasteiger partial charge in [-0.1, -0.05) is 0 Å². The summed E-state index contributed by atoms with van der Waals surface area (Å²) in [5.74, 6) is -0.874. The van der Waals surface area contributed by atoms with Gasteiger partial charge in [-0.15, -0.1) is 0 Å². The number of ether oxygens (including phenoxy) is 1. The molecule has 0 unspecified atom stereocenters. The summed E-state index contributed by atoms with van der Waals surface area (Å²) in [5.41, 5.74) is 5.16. The van der Waals surface area contributed by atoms with Crippen LogP contribution < -0.4 is 5.73 Å². The summed E-state index contributed by atoms with van der Waals surface area (Å²) in [7, 11) is 1.65. The molecule has 3 N–H and O–H groups in total. The van der Waals surface area contributed by atoms with Crippen LogP contribution in [0.2, 0.25) is 0 Å². The Balaban J connectivity index is 3.46. The molecule has 0 aliphatic carbocycles. The number of likely N-dealkylation sites (N-methyl/N-ethyl adjacent to an activating group) is 1. The molecule has 0 spiro atoms. The SMILES string of the molecule is CN(C=COCCN)CC(=O)O. The van der Waals surface area contributed by atoms with Crippen molar-refractivity contribution in [1.29, 1.82) is 0 Å². The van der Waals surface area contributed by atoms with Crippen LogP contribution in [-0.2, 0) is 9.53 Å². The first-order chi connectivity index (χ1) is 5.66. The Morgan fingerprint density at radius 2 is 2.42 bits per heavy atom. The van der Waals surface area contributed by atoms with E-state index in [1.807, 2.05) is 0 Å². The molecule has 0 aromatic heterocycles. The van der Waals surface area contributed by atoms with Gasteiger partial charge in [0.1, 0.15) is 6.54 Å². The number of hydrogen-bond donors (Lipinski definition) is 2. The molecule has 0 aliphatic heterocycles. The van der Waals surface area contributed by atoms with Gasteiger partial charge in [0.05, 0.1) is 12.9 Å². The van der Waals surface area contributed by atoms with Crippen LogP contribution in [0.3, 0.4) is 0 Å². The highest BCUT2D eigenvalue weighted by Gasteiger charge is 1.97. The Bertz CT molecular complexity index is 159. The van der Waals surface area contributed by atoms with E-state index in [-0.39, 0.29) is 6.54 Å². The smallest absolute Gasteiger partial charge is 0.323 e. The predicted octanol–water partition coefficient (Wildman–Crippen LogP) is -0.551. The lowest BCUT2D eigenvalue weighted by molar-refractivity contribution is -0.137. The minimum atomic E-state index is -0.874. The molecule has 5 heteroatoms. The van der Waals surface area contributed by atoms with E-state index in [0.29, 0.717) is 13.2 Å². The van der Waals surface area contributed by atoms with E-state index in [1.165, 1.54) is 11.2 Å². The van der Waals surface area contributed by atoms with Gasteiger partial charge in [0, 0.05) is 19.8 Å². The van der Waals surface area contributed by atoms with Gasteiger partial charge in [0.2, 0.25) is 0 Å². The second kappa shape index (κ2) is 6.48. The second-order valence-corrected chi connectivity index (χ2v) is 2.25. The fraction of sp³-hybridized carbons (Fsp3) is 0.571. The second-order valence-electron chi connectivity index (χ2n) is 2.25. The number of rotatable bonds is 6. The summed E-state index contributed by atoms with van der Waals surface area (Å²) >= 11 is 0. The predicted molar refractivity (Wildman–Crippen MR) is 44.4 cm³/mol. The highest BCUT2D eigenvalue weighted by Crippen LogP contribution is 1.84. The molecule has 0 rings (SSSR count). The zero-order valence-corrected chi connectivity index (χ0v) is 7.06. The average molecular weight is 174 g/mol. The maximum Gasteiger partial charge on any atom is 0.323 e. The molecule has 5 nitrogen and oxygen atoms in total. The van der Waals surface area contributed by atoms with Crippen LogP contribution in [0.15, 0.2) is 12.5 Å². The van der Waals surface area contributed by atoms with Crippen molar-refractivity contribution < 1.29 is 14.6 Å². The summed E-state index contributed by atoms with van der Waals surface area (Å²) in [6, 6.07) is 0. The van der Waals surface area contributed by atoms with Crippen molar-refractivity contribution in [3.63, 3.8) is 0 Å². The Morgan fingerprint density at radius 3 is 2.92 bits per heavy atom. The van der Waals surface area contributed by atoms with Gasteiger partial charge in [0.25, 0.3) is 0 Å². The molecular formula is C7H14N2O3. The average Bonchev–Trinajstić information content (AvgIpc) is 1.97. The molecule has 0 heterocycles. The van der Waals surface area contributed by atoms with Gasteiger partial charge in [-0.25, -0.2) is 0 Å². The van der Waals surface area contributed by atoms with E-state index in [4.69, 9.17) is 15.6 Å². The van der Waals surface area contributed by atoms with Crippen LogP contribution >= 0.6 is 0 Å². The van der Waals surface area contributed by atoms with E-state index < -0.39 is 5.97 Å². The third-order valence-electron chi connectivity index (χ3n) is 1.03. The van der Waals surface area contributed by atoms with Gasteiger partial charge in [-0.2, -0.15) is 0 Å². The van der Waals surface area contributed by atoms with Crippen LogP contribution in [0.4, 0.5) is 0 Å². The van der Waals surface area contributed by atoms with Crippen LogP contribution in [0.1, 0.15) is 0 Å². The molecule has 0 atom stereocenters. The fourth-order valence-electron chi connectivity index (χ4n) is 0.549. The third-order valence-corrected chi connectivity index (χ3v) is 1.03.